The van der Waals surface area contributed by atoms with Gasteiger partial charge in [0.05, 0.1) is 11.2 Å². The molecule has 0 amide bonds. The van der Waals surface area contributed by atoms with Crippen molar-refractivity contribution in [3.05, 3.63) is 11.5 Å². The van der Waals surface area contributed by atoms with Crippen molar-refractivity contribution in [2.45, 2.75) is 72.2 Å². The molecule has 1 fully saturated rings. The van der Waals surface area contributed by atoms with E-state index in [1.165, 1.54) is 6.08 Å². The molecule has 1 rings (SSSR count). The average molecular weight is 268 g/mol. The van der Waals surface area contributed by atoms with Crippen LogP contribution in [-0.4, -0.2) is 29.9 Å². The second-order valence-corrected chi connectivity index (χ2v) is 7.01. The van der Waals surface area contributed by atoms with Gasteiger partial charge in [-0.1, -0.05) is 0 Å². The van der Waals surface area contributed by atoms with Gasteiger partial charge in [-0.05, 0) is 60.9 Å². The van der Waals surface area contributed by atoms with E-state index in [4.69, 9.17) is 14.0 Å². The summed E-state index contributed by atoms with van der Waals surface area (Å²) in [5, 5.41) is 0. The molecule has 1 aliphatic heterocycles. The van der Waals surface area contributed by atoms with Gasteiger partial charge < -0.3 is 14.0 Å². The number of rotatable bonds is 2. The van der Waals surface area contributed by atoms with Crippen LogP contribution in [0.25, 0.3) is 0 Å². The van der Waals surface area contributed by atoms with Crippen LogP contribution in [0, 0.1) is 0 Å². The Morgan fingerprint density at radius 3 is 1.89 bits per heavy atom. The van der Waals surface area contributed by atoms with Crippen LogP contribution in [0.1, 0.15) is 55.4 Å². The second-order valence-electron chi connectivity index (χ2n) is 7.01. The Morgan fingerprint density at radius 2 is 1.53 bits per heavy atom. The van der Waals surface area contributed by atoms with E-state index in [2.05, 4.69) is 0 Å². The lowest BCUT2D eigenvalue weighted by Crippen LogP contribution is -2.41. The first-order valence-electron chi connectivity index (χ1n) is 6.61. The van der Waals surface area contributed by atoms with Gasteiger partial charge in [-0.2, -0.15) is 0 Å². The second kappa shape index (κ2) is 4.95. The van der Waals surface area contributed by atoms with E-state index in [9.17, 15) is 4.79 Å². The maximum absolute atomic E-state index is 11.7. The van der Waals surface area contributed by atoms with Crippen molar-refractivity contribution < 1.29 is 18.8 Å². The topological polar surface area (TPSA) is 44.8 Å². The number of carbonyl (C=O) groups excluding carboxylic acids is 1. The highest BCUT2D eigenvalue weighted by Crippen LogP contribution is 2.38. The third kappa shape index (κ3) is 4.08. The molecule has 0 bridgehead atoms. The van der Waals surface area contributed by atoms with Gasteiger partial charge in [-0.25, -0.2) is 4.79 Å². The van der Waals surface area contributed by atoms with Crippen LogP contribution in [0.5, 0.6) is 0 Å². The van der Waals surface area contributed by atoms with Crippen LogP contribution in [-0.2, 0) is 18.8 Å². The summed E-state index contributed by atoms with van der Waals surface area (Å²) in [6, 6.07) is 0. The molecular weight excluding hydrogens is 243 g/mol. The molecule has 0 N–H and O–H groups in total. The first-order valence-corrected chi connectivity index (χ1v) is 6.61. The number of esters is 1. The summed E-state index contributed by atoms with van der Waals surface area (Å²) < 4.78 is 17.0. The largest absolute Gasteiger partial charge is 0.490 e. The van der Waals surface area contributed by atoms with E-state index in [-0.39, 0.29) is 5.97 Å². The van der Waals surface area contributed by atoms with Crippen LogP contribution >= 0.6 is 0 Å². The molecule has 1 aliphatic rings. The minimum atomic E-state index is -0.502. The van der Waals surface area contributed by atoms with E-state index >= 15 is 0 Å². The summed E-state index contributed by atoms with van der Waals surface area (Å²) in [7, 11) is -0.502. The van der Waals surface area contributed by atoms with Crippen molar-refractivity contribution in [3.8, 4) is 0 Å². The van der Waals surface area contributed by atoms with Crippen molar-refractivity contribution in [1.29, 1.82) is 0 Å². The Morgan fingerprint density at radius 1 is 1.11 bits per heavy atom. The highest BCUT2D eigenvalue weighted by Gasteiger charge is 2.51. The van der Waals surface area contributed by atoms with Gasteiger partial charge in [0.15, 0.2) is 0 Å². The van der Waals surface area contributed by atoms with Crippen LogP contribution in [0.2, 0.25) is 0 Å². The number of allylic oxidation sites excluding steroid dienone is 1. The monoisotopic (exact) mass is 268 g/mol. The van der Waals surface area contributed by atoms with Crippen molar-refractivity contribution in [3.63, 3.8) is 0 Å². The van der Waals surface area contributed by atoms with Gasteiger partial charge in [-0.3, -0.25) is 0 Å². The maximum Gasteiger partial charge on any atom is 0.490 e. The molecule has 19 heavy (non-hydrogen) atoms. The molecule has 0 aromatic carbocycles. The summed E-state index contributed by atoms with van der Waals surface area (Å²) in [5.41, 5.74) is -0.585. The minimum Gasteiger partial charge on any atom is -0.457 e. The fourth-order valence-electron chi connectivity index (χ4n) is 1.61. The first-order chi connectivity index (χ1) is 8.34. The summed E-state index contributed by atoms with van der Waals surface area (Å²) in [6.45, 7) is 15.2. The predicted molar refractivity (Wildman–Crippen MR) is 75.7 cm³/mol. The van der Waals surface area contributed by atoms with E-state index in [0.717, 1.165) is 0 Å². The van der Waals surface area contributed by atoms with Crippen LogP contribution in [0.4, 0.5) is 0 Å². The molecule has 5 heteroatoms. The van der Waals surface area contributed by atoms with Crippen LogP contribution in [0.15, 0.2) is 11.5 Å². The van der Waals surface area contributed by atoms with Crippen molar-refractivity contribution in [2.75, 3.05) is 0 Å². The van der Waals surface area contributed by atoms with Crippen LogP contribution < -0.4 is 0 Å². The first kappa shape index (κ1) is 16.2. The van der Waals surface area contributed by atoms with E-state index in [1.807, 2.05) is 55.4 Å². The highest BCUT2D eigenvalue weighted by molar-refractivity contribution is 6.54. The molecule has 4 nitrogen and oxygen atoms in total. The molecule has 0 aromatic heterocycles. The van der Waals surface area contributed by atoms with Crippen molar-refractivity contribution in [2.24, 2.45) is 0 Å². The van der Waals surface area contributed by atoms with E-state index in [0.29, 0.717) is 5.47 Å². The quantitative estimate of drug-likeness (QED) is 0.439. The summed E-state index contributed by atoms with van der Waals surface area (Å²) in [5.74, 6) is -0.375. The lowest BCUT2D eigenvalue weighted by atomic mass is 9.79. The lowest BCUT2D eigenvalue weighted by Gasteiger charge is -2.32. The number of hydrogen-bond acceptors (Lipinski definition) is 4. The Labute approximate surface area is 116 Å². The third-order valence-corrected chi connectivity index (χ3v) is 3.38. The van der Waals surface area contributed by atoms with E-state index < -0.39 is 23.9 Å². The Hall–Kier alpha value is -0.805. The zero-order valence-electron chi connectivity index (χ0n) is 13.3. The SMILES string of the molecule is C/C(=C\C(=O)OC(C)(C)C)B1OC(C)(C)C(C)(C)O1. The van der Waals surface area contributed by atoms with Crippen molar-refractivity contribution in [1.82, 2.24) is 0 Å². The predicted octanol–water partition coefficient (Wildman–Crippen LogP) is 2.91. The van der Waals surface area contributed by atoms with Gasteiger partial charge in [0, 0.05) is 6.08 Å². The molecular formula is C14H25BO4. The molecule has 0 aliphatic carbocycles. The van der Waals surface area contributed by atoms with Crippen LogP contribution in [0.3, 0.4) is 0 Å². The molecule has 0 radical (unpaired) electrons. The van der Waals surface area contributed by atoms with E-state index in [1.54, 1.807) is 0 Å². The Kier molecular flexibility index (Phi) is 4.23. The summed E-state index contributed by atoms with van der Waals surface area (Å²) in [4.78, 5) is 11.7. The molecule has 0 saturated carbocycles. The van der Waals surface area contributed by atoms with Gasteiger partial charge in [0.2, 0.25) is 0 Å². The molecule has 0 spiro atoms. The standard InChI is InChI=1S/C14H25BO4/c1-10(9-11(16)17-12(2,3)4)15-18-13(5,6)14(7,8)19-15/h9H,1-8H3/b10-9+. The Bertz CT molecular complexity index is 375. The molecule has 0 aromatic rings. The van der Waals surface area contributed by atoms with Gasteiger partial charge in [0.25, 0.3) is 0 Å². The number of carbonyl (C=O) groups is 1. The van der Waals surface area contributed by atoms with Gasteiger partial charge in [0.1, 0.15) is 5.60 Å². The average Bonchev–Trinajstić information content (AvgIpc) is 2.32. The normalized spacial score (nSPS) is 22.5. The zero-order valence-corrected chi connectivity index (χ0v) is 13.3. The van der Waals surface area contributed by atoms with Crippen molar-refractivity contribution >= 4 is 13.1 Å². The smallest absolute Gasteiger partial charge is 0.457 e. The fraction of sp³-hybridized carbons (Fsp3) is 0.786. The van der Waals surface area contributed by atoms with Gasteiger partial charge >= 0.3 is 13.1 Å². The highest BCUT2D eigenvalue weighted by atomic mass is 16.7. The summed E-state index contributed by atoms with van der Waals surface area (Å²) in [6.07, 6.45) is 1.44. The fourth-order valence-corrected chi connectivity index (χ4v) is 1.61. The Balaban J connectivity index is 2.75. The molecule has 1 saturated heterocycles. The zero-order chi connectivity index (χ0) is 15.1. The minimum absolute atomic E-state index is 0.375. The third-order valence-electron chi connectivity index (χ3n) is 3.38. The molecule has 0 unspecified atom stereocenters. The molecule has 108 valence electrons. The lowest BCUT2D eigenvalue weighted by molar-refractivity contribution is -0.148. The van der Waals surface area contributed by atoms with Gasteiger partial charge in [-0.15, -0.1) is 0 Å². The molecule has 0 atom stereocenters. The number of ether oxygens (including phenoxy) is 1. The number of hydrogen-bond donors (Lipinski definition) is 0. The molecule has 1 heterocycles. The maximum atomic E-state index is 11.7. The summed E-state index contributed by atoms with van der Waals surface area (Å²) >= 11 is 0.